The molecule has 4 heterocycles. The summed E-state index contributed by atoms with van der Waals surface area (Å²) in [5.41, 5.74) is -3.68. The molecule has 1 aromatic heterocycles. The molecule has 0 radical (unpaired) electrons. The molecule has 1 N–H and O–H groups in total. The minimum atomic E-state index is -1.09. The van der Waals surface area contributed by atoms with Crippen LogP contribution < -0.4 is 0 Å². The highest BCUT2D eigenvalue weighted by Gasteiger charge is 2.89. The summed E-state index contributed by atoms with van der Waals surface area (Å²) >= 11 is 0. The number of hydrogen-bond donors (Lipinski definition) is 1. The van der Waals surface area contributed by atoms with E-state index in [1.54, 1.807) is 18.6 Å². The molecule has 6 rings (SSSR count). The molecule has 1 aromatic rings. The van der Waals surface area contributed by atoms with E-state index in [0.29, 0.717) is 12.8 Å². The van der Waals surface area contributed by atoms with Crippen molar-refractivity contribution >= 4 is 17.7 Å². The van der Waals surface area contributed by atoms with Gasteiger partial charge in [-0.3, -0.25) is 9.59 Å². The number of carbonyl (C=O) groups is 3. The Hall–Kier alpha value is -2.23. The fourth-order valence-corrected chi connectivity index (χ4v) is 8.99. The number of furan rings is 1. The van der Waals surface area contributed by atoms with Gasteiger partial charge in [0.15, 0.2) is 6.10 Å². The molecule has 9 heteroatoms. The second kappa shape index (κ2) is 7.20. The summed E-state index contributed by atoms with van der Waals surface area (Å²) in [5, 5.41) is 11.7. The van der Waals surface area contributed by atoms with Gasteiger partial charge in [-0.05, 0) is 45.6 Å². The smallest absolute Gasteiger partial charge is 0.339 e. The maximum absolute atomic E-state index is 14.3. The third kappa shape index (κ3) is 2.54. The number of ketones is 1. The van der Waals surface area contributed by atoms with Crippen LogP contribution in [0.25, 0.3) is 0 Å². The Morgan fingerprint density at radius 2 is 1.94 bits per heavy atom. The molecule has 1 spiro atoms. The summed E-state index contributed by atoms with van der Waals surface area (Å²) < 4.78 is 28.7. The second-order valence-corrected chi connectivity index (χ2v) is 12.3. The molecule has 2 saturated carbocycles. The van der Waals surface area contributed by atoms with Crippen molar-refractivity contribution in [2.75, 3.05) is 13.7 Å². The Kier molecular flexibility index (Phi) is 4.83. The second-order valence-electron chi connectivity index (χ2n) is 12.3. The first-order valence-electron chi connectivity index (χ1n) is 12.7. The molecule has 0 amide bonds. The average Bonchev–Trinajstić information content (AvgIpc) is 3.29. The van der Waals surface area contributed by atoms with Crippen molar-refractivity contribution in [1.29, 1.82) is 0 Å². The molecule has 9 atom stereocenters. The van der Waals surface area contributed by atoms with Crippen molar-refractivity contribution in [3.8, 4) is 0 Å². The van der Waals surface area contributed by atoms with Crippen LogP contribution in [0, 0.1) is 28.1 Å². The van der Waals surface area contributed by atoms with E-state index in [0.717, 1.165) is 5.56 Å². The maximum Gasteiger partial charge on any atom is 0.339 e. The van der Waals surface area contributed by atoms with Crippen molar-refractivity contribution in [3.63, 3.8) is 0 Å². The van der Waals surface area contributed by atoms with Gasteiger partial charge in [-0.25, -0.2) is 4.79 Å². The Balaban J connectivity index is 1.51. The third-order valence-electron chi connectivity index (χ3n) is 10.8. The summed E-state index contributed by atoms with van der Waals surface area (Å²) in [7, 11) is 1.30. The molecule has 0 aromatic carbocycles. The number of carbonyl (C=O) groups excluding carboxylic acids is 3. The van der Waals surface area contributed by atoms with E-state index in [9.17, 15) is 19.5 Å². The van der Waals surface area contributed by atoms with Gasteiger partial charge in [-0.1, -0.05) is 6.92 Å². The lowest BCUT2D eigenvalue weighted by molar-refractivity contribution is -0.221. The number of aliphatic hydroxyl groups excluding tert-OH is 1. The molecule has 2 aliphatic carbocycles. The number of aliphatic hydroxyl groups is 1. The Morgan fingerprint density at radius 3 is 2.61 bits per heavy atom. The minimum absolute atomic E-state index is 0.00559. The summed E-state index contributed by atoms with van der Waals surface area (Å²) in [5.74, 6) is -1.66. The van der Waals surface area contributed by atoms with Crippen molar-refractivity contribution in [3.05, 3.63) is 24.2 Å². The Labute approximate surface area is 209 Å². The first kappa shape index (κ1) is 24.1. The Bertz CT molecular complexity index is 1130. The predicted molar refractivity (Wildman–Crippen MR) is 122 cm³/mol. The van der Waals surface area contributed by atoms with Gasteiger partial charge < -0.3 is 28.5 Å². The minimum Gasteiger partial charge on any atom is -0.472 e. The summed E-state index contributed by atoms with van der Waals surface area (Å²) in [6, 6.07) is 1.78. The third-order valence-corrected chi connectivity index (χ3v) is 10.8. The lowest BCUT2D eigenvalue weighted by Gasteiger charge is -2.64. The fourth-order valence-electron chi connectivity index (χ4n) is 8.99. The number of ether oxygens (including phenoxy) is 4. The molecule has 36 heavy (non-hydrogen) atoms. The lowest BCUT2D eigenvalue weighted by Crippen LogP contribution is -2.72. The number of cyclic esters (lactones) is 1. The molecule has 3 aliphatic heterocycles. The molecule has 3 saturated heterocycles. The van der Waals surface area contributed by atoms with Crippen molar-refractivity contribution in [2.45, 2.75) is 82.9 Å². The molecular weight excluding hydrogens is 468 g/mol. The number of Topliss-reactive ketones (excluding diaryl/α,β-unsaturated/α-hetero) is 1. The quantitative estimate of drug-likeness (QED) is 0.489. The van der Waals surface area contributed by atoms with Gasteiger partial charge in [0, 0.05) is 28.7 Å². The number of epoxide rings is 1. The van der Waals surface area contributed by atoms with Crippen LogP contribution >= 0.6 is 0 Å². The molecule has 9 nitrogen and oxygen atoms in total. The van der Waals surface area contributed by atoms with Crippen LogP contribution in [-0.4, -0.2) is 60.0 Å². The van der Waals surface area contributed by atoms with Gasteiger partial charge in [0.2, 0.25) is 0 Å². The van der Waals surface area contributed by atoms with Crippen molar-refractivity contribution in [2.24, 2.45) is 28.1 Å². The molecule has 196 valence electrons. The zero-order valence-corrected chi connectivity index (χ0v) is 21.4. The first-order chi connectivity index (χ1) is 16.9. The highest BCUT2D eigenvalue weighted by atomic mass is 16.7. The normalized spacial score (nSPS) is 47.1. The monoisotopic (exact) mass is 502 g/mol. The maximum atomic E-state index is 14.3. The molecular formula is C27H34O9. The average molecular weight is 503 g/mol. The van der Waals surface area contributed by atoms with Gasteiger partial charge in [0.25, 0.3) is 0 Å². The van der Waals surface area contributed by atoms with Crippen molar-refractivity contribution in [1.82, 2.24) is 0 Å². The molecule has 0 unspecified atom stereocenters. The molecule has 5 fully saturated rings. The summed E-state index contributed by atoms with van der Waals surface area (Å²) in [6.07, 6.45) is 1.70. The van der Waals surface area contributed by atoms with Gasteiger partial charge in [-0.15, -0.1) is 0 Å². The van der Waals surface area contributed by atoms with E-state index >= 15 is 0 Å². The number of hydrogen-bond acceptors (Lipinski definition) is 9. The van der Waals surface area contributed by atoms with E-state index < -0.39 is 57.7 Å². The van der Waals surface area contributed by atoms with Gasteiger partial charge in [-0.2, -0.15) is 0 Å². The fraction of sp³-hybridized carbons (Fsp3) is 0.741. The van der Waals surface area contributed by atoms with Crippen LogP contribution in [0.15, 0.2) is 23.0 Å². The van der Waals surface area contributed by atoms with E-state index in [1.807, 2.05) is 27.7 Å². The topological polar surface area (TPSA) is 125 Å². The number of rotatable bonds is 4. The lowest BCUT2D eigenvalue weighted by atomic mass is 9.37. The summed E-state index contributed by atoms with van der Waals surface area (Å²) in [4.78, 5) is 39.7. The first-order valence-corrected chi connectivity index (χ1v) is 12.7. The van der Waals surface area contributed by atoms with E-state index in [-0.39, 0.29) is 37.1 Å². The predicted octanol–water partition coefficient (Wildman–Crippen LogP) is 2.75. The van der Waals surface area contributed by atoms with E-state index in [1.165, 1.54) is 7.11 Å². The van der Waals surface area contributed by atoms with Crippen molar-refractivity contribution < 1.29 is 42.9 Å². The van der Waals surface area contributed by atoms with Crippen LogP contribution in [0.4, 0.5) is 0 Å². The van der Waals surface area contributed by atoms with Crippen LogP contribution in [-0.2, 0) is 33.3 Å². The number of esters is 2. The Morgan fingerprint density at radius 1 is 1.19 bits per heavy atom. The molecule has 0 bridgehead atoms. The number of fused-ring (bicyclic) bond motifs is 3. The zero-order valence-electron chi connectivity index (χ0n) is 21.4. The standard InChI is InChI=1S/C27H34O9/c1-23(2)16-10-17(28)25(4)15(26(16,13-34-23)18(29)11-19(30)32-5)6-8-24(3)20(14-7-9-33-12-14)35-22(31)21-27(24,25)36-21/h7,9,12,15-16,18,20-21,29H,6,8,10-11,13H2,1-5H3/t15-,16-,18-,20-,21+,24-,25-,26+,27+/m0/s1. The molecule has 5 aliphatic rings. The van der Waals surface area contributed by atoms with Gasteiger partial charge >= 0.3 is 11.9 Å². The van der Waals surface area contributed by atoms with E-state index in [4.69, 9.17) is 23.4 Å². The zero-order chi connectivity index (χ0) is 25.9. The van der Waals surface area contributed by atoms with E-state index in [2.05, 4.69) is 0 Å². The largest absolute Gasteiger partial charge is 0.472 e. The highest BCUT2D eigenvalue weighted by molar-refractivity contribution is 5.93. The van der Waals surface area contributed by atoms with Crippen LogP contribution in [0.3, 0.4) is 0 Å². The van der Waals surface area contributed by atoms with Gasteiger partial charge in [0.05, 0.1) is 49.8 Å². The highest BCUT2D eigenvalue weighted by Crippen LogP contribution is 2.79. The van der Waals surface area contributed by atoms with Crippen LogP contribution in [0.1, 0.15) is 65.0 Å². The summed E-state index contributed by atoms with van der Waals surface area (Å²) in [6.45, 7) is 8.02. The number of methoxy groups -OCH3 is 1. The SMILES string of the molecule is COC(=O)C[C@H](O)[C@@]12COC(C)(C)[C@@H]1CC(=O)[C@]1(C)[C@@H]2CC[C@@]2(C)[C@H](c3ccoc3)OC(=O)[C@H]3O[C@]321. The van der Waals surface area contributed by atoms with Crippen LogP contribution in [0.2, 0.25) is 0 Å². The van der Waals surface area contributed by atoms with Crippen LogP contribution in [0.5, 0.6) is 0 Å². The van der Waals surface area contributed by atoms with Gasteiger partial charge in [0.1, 0.15) is 17.5 Å².